The molecule has 0 amide bonds. The van der Waals surface area contributed by atoms with Crippen molar-refractivity contribution in [2.45, 2.75) is 50.0 Å². The second-order valence-electron chi connectivity index (χ2n) is 6.51. The van der Waals surface area contributed by atoms with E-state index in [1.54, 1.807) is 11.3 Å². The van der Waals surface area contributed by atoms with Crippen LogP contribution in [0.15, 0.2) is 5.51 Å². The highest BCUT2D eigenvalue weighted by Crippen LogP contribution is 2.37. The highest BCUT2D eigenvalue weighted by atomic mass is 32.1. The van der Waals surface area contributed by atoms with E-state index in [2.05, 4.69) is 20.0 Å². The van der Waals surface area contributed by atoms with Crippen molar-refractivity contribution >= 4 is 22.4 Å². The summed E-state index contributed by atoms with van der Waals surface area (Å²) >= 11 is 1.67. The van der Waals surface area contributed by atoms with Gasteiger partial charge in [-0.1, -0.05) is 11.3 Å². The smallest absolute Gasteiger partial charge is 0.475 e. The Bertz CT molecular complexity index is 595. The normalized spacial score (nSPS) is 27.1. The van der Waals surface area contributed by atoms with Crippen LogP contribution in [0.4, 0.5) is 18.3 Å². The molecular formula is C15H21F3N4O3S. The molecule has 7 nitrogen and oxygen atoms in total. The van der Waals surface area contributed by atoms with Crippen LogP contribution in [-0.4, -0.2) is 76.8 Å². The number of aliphatic carboxylic acids is 1. The zero-order valence-corrected chi connectivity index (χ0v) is 14.9. The third-order valence-electron chi connectivity index (χ3n) is 5.12. The van der Waals surface area contributed by atoms with E-state index in [1.807, 2.05) is 5.51 Å². The van der Waals surface area contributed by atoms with Crippen molar-refractivity contribution in [2.75, 3.05) is 31.2 Å². The van der Waals surface area contributed by atoms with Crippen molar-refractivity contribution < 1.29 is 27.8 Å². The standard InChI is InChI=1S/C13H20N4OS.C2HF3O2/c1-5-16(10-3-7-18-8-4-10)11-2-6-17(12(1)11)13-15-14-9-19-13;3-2(4,5)1(6)7/h9-12H,1-8H2;(H,6,7)/t11-,12+;/m1./s1. The number of carboxylic acid groups (broad SMARTS) is 1. The quantitative estimate of drug-likeness (QED) is 0.822. The lowest BCUT2D eigenvalue weighted by Gasteiger charge is -2.35. The zero-order valence-electron chi connectivity index (χ0n) is 14.1. The van der Waals surface area contributed by atoms with Gasteiger partial charge in [0.25, 0.3) is 0 Å². The third-order valence-corrected chi connectivity index (χ3v) is 5.84. The Morgan fingerprint density at radius 1 is 1.19 bits per heavy atom. The number of likely N-dealkylation sites (tertiary alicyclic amines) is 1. The minimum atomic E-state index is -5.08. The number of carboxylic acids is 1. The van der Waals surface area contributed by atoms with Gasteiger partial charge in [0.15, 0.2) is 0 Å². The number of halogens is 3. The van der Waals surface area contributed by atoms with Crippen LogP contribution in [0.2, 0.25) is 0 Å². The molecule has 0 aromatic carbocycles. The summed E-state index contributed by atoms with van der Waals surface area (Å²) in [5.41, 5.74) is 1.84. The van der Waals surface area contributed by atoms with Gasteiger partial charge in [0.2, 0.25) is 5.13 Å². The van der Waals surface area contributed by atoms with Crippen LogP contribution < -0.4 is 4.90 Å². The first-order valence-corrected chi connectivity index (χ1v) is 9.42. The molecule has 0 radical (unpaired) electrons. The Balaban J connectivity index is 0.000000242. The van der Waals surface area contributed by atoms with Gasteiger partial charge in [-0.25, -0.2) is 4.79 Å². The van der Waals surface area contributed by atoms with E-state index in [-0.39, 0.29) is 0 Å². The molecule has 0 saturated carbocycles. The average Bonchev–Trinajstić information content (AvgIpc) is 3.32. The number of ether oxygens (including phenoxy) is 1. The van der Waals surface area contributed by atoms with E-state index in [1.165, 1.54) is 32.2 Å². The fourth-order valence-electron chi connectivity index (χ4n) is 4.02. The Hall–Kier alpha value is -1.46. The lowest BCUT2D eigenvalue weighted by atomic mass is 10.0. The Morgan fingerprint density at radius 2 is 1.85 bits per heavy atom. The molecular weight excluding hydrogens is 373 g/mol. The molecule has 3 aliphatic rings. The fraction of sp³-hybridized carbons (Fsp3) is 0.800. The van der Waals surface area contributed by atoms with Gasteiger partial charge in [0.1, 0.15) is 5.51 Å². The first kappa shape index (κ1) is 19.3. The Kier molecular flexibility index (Phi) is 5.98. The van der Waals surface area contributed by atoms with E-state index in [0.717, 1.165) is 37.0 Å². The summed E-state index contributed by atoms with van der Waals surface area (Å²) in [6, 6.07) is 2.14. The number of aromatic nitrogens is 2. The molecule has 4 heterocycles. The van der Waals surface area contributed by atoms with Crippen LogP contribution in [-0.2, 0) is 9.53 Å². The van der Waals surface area contributed by atoms with Crippen molar-refractivity contribution in [2.24, 2.45) is 0 Å². The Morgan fingerprint density at radius 3 is 2.42 bits per heavy atom. The highest BCUT2D eigenvalue weighted by molar-refractivity contribution is 7.13. The van der Waals surface area contributed by atoms with Crippen LogP contribution in [0, 0.1) is 0 Å². The maximum atomic E-state index is 10.6. The van der Waals surface area contributed by atoms with Gasteiger partial charge in [0.05, 0.1) is 0 Å². The monoisotopic (exact) mass is 394 g/mol. The van der Waals surface area contributed by atoms with E-state index in [4.69, 9.17) is 14.6 Å². The molecule has 0 aliphatic carbocycles. The molecule has 0 bridgehead atoms. The molecule has 0 spiro atoms. The average molecular weight is 394 g/mol. The highest BCUT2D eigenvalue weighted by Gasteiger charge is 2.45. The molecule has 146 valence electrons. The molecule has 3 aliphatic heterocycles. The van der Waals surface area contributed by atoms with Crippen LogP contribution in [0.5, 0.6) is 0 Å². The molecule has 0 unspecified atom stereocenters. The van der Waals surface area contributed by atoms with Crippen LogP contribution >= 0.6 is 11.3 Å². The van der Waals surface area contributed by atoms with Gasteiger partial charge in [0, 0.05) is 44.4 Å². The molecule has 1 aromatic heterocycles. The van der Waals surface area contributed by atoms with Gasteiger partial charge in [-0.3, -0.25) is 4.90 Å². The van der Waals surface area contributed by atoms with Crippen LogP contribution in [0.25, 0.3) is 0 Å². The van der Waals surface area contributed by atoms with Crippen molar-refractivity contribution in [3.63, 3.8) is 0 Å². The fourth-order valence-corrected chi connectivity index (χ4v) is 4.66. The summed E-state index contributed by atoms with van der Waals surface area (Å²) in [6.07, 6.45) is -0.104. The summed E-state index contributed by atoms with van der Waals surface area (Å²) in [5, 5.41) is 16.5. The van der Waals surface area contributed by atoms with E-state index in [0.29, 0.717) is 6.04 Å². The molecule has 2 atom stereocenters. The minimum absolute atomic E-state index is 0.663. The number of hydrogen-bond acceptors (Lipinski definition) is 7. The largest absolute Gasteiger partial charge is 0.490 e. The lowest BCUT2D eigenvalue weighted by Crippen LogP contribution is -2.44. The van der Waals surface area contributed by atoms with Crippen molar-refractivity contribution in [1.29, 1.82) is 0 Å². The molecule has 11 heteroatoms. The number of alkyl halides is 3. The summed E-state index contributed by atoms with van der Waals surface area (Å²) in [5.74, 6) is -2.76. The van der Waals surface area contributed by atoms with Gasteiger partial charge < -0.3 is 14.7 Å². The zero-order chi connectivity index (χ0) is 18.7. The molecule has 4 rings (SSSR count). The summed E-state index contributed by atoms with van der Waals surface area (Å²) in [7, 11) is 0. The van der Waals surface area contributed by atoms with E-state index in [9.17, 15) is 13.2 Å². The molecule has 1 N–H and O–H groups in total. The number of hydrogen-bond donors (Lipinski definition) is 1. The first-order chi connectivity index (χ1) is 12.4. The van der Waals surface area contributed by atoms with Crippen molar-refractivity contribution in [3.8, 4) is 0 Å². The van der Waals surface area contributed by atoms with Gasteiger partial charge >= 0.3 is 12.1 Å². The number of fused-ring (bicyclic) bond motifs is 1. The number of nitrogens with zero attached hydrogens (tertiary/aromatic N) is 4. The second-order valence-corrected chi connectivity index (χ2v) is 7.32. The summed E-state index contributed by atoms with van der Waals surface area (Å²) in [4.78, 5) is 14.1. The third kappa shape index (κ3) is 4.26. The first-order valence-electron chi connectivity index (χ1n) is 8.54. The topological polar surface area (TPSA) is 78.8 Å². The summed E-state index contributed by atoms with van der Waals surface area (Å²) < 4.78 is 37.2. The second kappa shape index (κ2) is 8.05. The SMILES string of the molecule is O=C(O)C(F)(F)F.c1nnc(N2CC[C@@H]3[C@@H]2CCN3C2CCOCC2)s1. The van der Waals surface area contributed by atoms with Gasteiger partial charge in [-0.05, 0) is 25.7 Å². The maximum Gasteiger partial charge on any atom is 0.490 e. The predicted octanol–water partition coefficient (Wildman–Crippen LogP) is 2.00. The minimum Gasteiger partial charge on any atom is -0.475 e. The number of carbonyl (C=O) groups is 1. The Labute approximate surface area is 152 Å². The van der Waals surface area contributed by atoms with Gasteiger partial charge in [-0.15, -0.1) is 10.2 Å². The van der Waals surface area contributed by atoms with Crippen LogP contribution in [0.1, 0.15) is 25.7 Å². The summed E-state index contributed by atoms with van der Waals surface area (Å²) in [6.45, 7) is 4.27. The van der Waals surface area contributed by atoms with E-state index >= 15 is 0 Å². The van der Waals surface area contributed by atoms with Crippen molar-refractivity contribution in [1.82, 2.24) is 15.1 Å². The van der Waals surface area contributed by atoms with E-state index < -0.39 is 12.1 Å². The van der Waals surface area contributed by atoms with Crippen molar-refractivity contribution in [3.05, 3.63) is 5.51 Å². The lowest BCUT2D eigenvalue weighted by molar-refractivity contribution is -0.192. The van der Waals surface area contributed by atoms with Crippen LogP contribution in [0.3, 0.4) is 0 Å². The number of rotatable bonds is 2. The molecule has 26 heavy (non-hydrogen) atoms. The molecule has 3 fully saturated rings. The predicted molar refractivity (Wildman–Crippen MR) is 88.3 cm³/mol. The molecule has 1 aromatic rings. The van der Waals surface area contributed by atoms with Gasteiger partial charge in [-0.2, -0.15) is 13.2 Å². The maximum absolute atomic E-state index is 10.6. The number of anilines is 1. The molecule has 3 saturated heterocycles.